The normalized spacial score (nSPS) is 10.7. The Morgan fingerprint density at radius 2 is 1.78 bits per heavy atom. The molecule has 1 aromatic heterocycles. The van der Waals surface area contributed by atoms with Gasteiger partial charge in [0.25, 0.3) is 5.69 Å². The van der Waals surface area contributed by atoms with Gasteiger partial charge < -0.3 is 5.32 Å². The van der Waals surface area contributed by atoms with Gasteiger partial charge in [-0.15, -0.1) is 0 Å². The number of benzene rings is 2. The van der Waals surface area contributed by atoms with Crippen molar-refractivity contribution in [3.05, 3.63) is 66.1 Å². The lowest BCUT2D eigenvalue weighted by atomic mass is 10.1. The first-order valence-corrected chi connectivity index (χ1v) is 8.79. The van der Waals surface area contributed by atoms with Crippen molar-refractivity contribution in [1.29, 1.82) is 0 Å². The zero-order valence-corrected chi connectivity index (χ0v) is 16.1. The van der Waals surface area contributed by atoms with E-state index in [-0.39, 0.29) is 5.69 Å². The molecule has 0 saturated heterocycles. The summed E-state index contributed by atoms with van der Waals surface area (Å²) in [5, 5.41) is 14.9. The Labute approximate surface area is 156 Å². The van der Waals surface area contributed by atoms with Gasteiger partial charge in [-0.05, 0) is 56.1 Å². The molecule has 0 fully saturated rings. The summed E-state index contributed by atoms with van der Waals surface area (Å²) in [6, 6.07) is 10.5. The molecule has 0 spiro atoms. The SMILES string of the molecule is O=[N+]([O-])c1ccnc2c(Nc3c(Br)cc(Br)cc3Br)cccc12. The van der Waals surface area contributed by atoms with E-state index < -0.39 is 4.92 Å². The predicted octanol–water partition coefficient (Wildman–Crippen LogP) is 6.17. The molecule has 0 bridgehead atoms. The minimum atomic E-state index is -0.404. The number of nitrogens with one attached hydrogen (secondary N) is 1. The van der Waals surface area contributed by atoms with Crippen LogP contribution in [0.4, 0.5) is 17.1 Å². The maximum Gasteiger partial charge on any atom is 0.280 e. The van der Waals surface area contributed by atoms with E-state index in [1.165, 1.54) is 12.3 Å². The molecule has 1 N–H and O–H groups in total. The number of nitrogens with zero attached hydrogens (tertiary/aromatic N) is 2. The summed E-state index contributed by atoms with van der Waals surface area (Å²) >= 11 is 10.4. The van der Waals surface area contributed by atoms with Crippen LogP contribution in [0, 0.1) is 10.1 Å². The van der Waals surface area contributed by atoms with Gasteiger partial charge in [0, 0.05) is 25.7 Å². The summed E-state index contributed by atoms with van der Waals surface area (Å²) < 4.78 is 2.62. The average Bonchev–Trinajstić information content (AvgIpc) is 2.50. The molecule has 23 heavy (non-hydrogen) atoms. The number of anilines is 2. The van der Waals surface area contributed by atoms with Crippen molar-refractivity contribution in [3.63, 3.8) is 0 Å². The van der Waals surface area contributed by atoms with Crippen LogP contribution in [0.25, 0.3) is 10.9 Å². The van der Waals surface area contributed by atoms with E-state index >= 15 is 0 Å². The molecule has 8 heteroatoms. The second-order valence-electron chi connectivity index (χ2n) is 4.66. The fraction of sp³-hybridized carbons (Fsp3) is 0. The molecule has 0 aliphatic rings. The molecule has 0 aliphatic carbocycles. The van der Waals surface area contributed by atoms with Crippen LogP contribution in [0.3, 0.4) is 0 Å². The zero-order valence-electron chi connectivity index (χ0n) is 11.4. The Hall–Kier alpha value is -1.51. The standard InChI is InChI=1S/C15H8Br3N3O2/c16-8-6-10(17)15(11(18)7-8)20-12-3-1-2-9-13(21(22)23)4-5-19-14(9)12/h1-7,20H. The highest BCUT2D eigenvalue weighted by atomic mass is 79.9. The van der Waals surface area contributed by atoms with Crippen LogP contribution in [-0.4, -0.2) is 9.91 Å². The Kier molecular flexibility index (Phi) is 4.65. The summed E-state index contributed by atoms with van der Waals surface area (Å²) in [5.74, 6) is 0. The van der Waals surface area contributed by atoms with E-state index in [0.29, 0.717) is 16.6 Å². The van der Waals surface area contributed by atoms with Crippen LogP contribution >= 0.6 is 47.8 Å². The highest BCUT2D eigenvalue weighted by Crippen LogP contribution is 2.38. The molecule has 0 aliphatic heterocycles. The molecule has 0 unspecified atom stereocenters. The molecule has 1 heterocycles. The monoisotopic (exact) mass is 499 g/mol. The van der Waals surface area contributed by atoms with Gasteiger partial charge in [0.1, 0.15) is 5.52 Å². The van der Waals surface area contributed by atoms with Gasteiger partial charge in [0.2, 0.25) is 0 Å². The van der Waals surface area contributed by atoms with Crippen molar-refractivity contribution in [2.45, 2.75) is 0 Å². The third-order valence-electron chi connectivity index (χ3n) is 3.21. The molecular weight excluding hydrogens is 494 g/mol. The van der Waals surface area contributed by atoms with Crippen molar-refractivity contribution < 1.29 is 4.92 Å². The molecule has 0 radical (unpaired) electrons. The molecule has 3 aromatic rings. The number of fused-ring (bicyclic) bond motifs is 1. The summed E-state index contributed by atoms with van der Waals surface area (Å²) in [5.41, 5.74) is 2.08. The lowest BCUT2D eigenvalue weighted by Gasteiger charge is -2.13. The highest BCUT2D eigenvalue weighted by Gasteiger charge is 2.15. The zero-order chi connectivity index (χ0) is 16.6. The van der Waals surface area contributed by atoms with Crippen LogP contribution < -0.4 is 5.32 Å². The van der Waals surface area contributed by atoms with Gasteiger partial charge >= 0.3 is 0 Å². The van der Waals surface area contributed by atoms with Gasteiger partial charge in [-0.1, -0.05) is 22.0 Å². The lowest BCUT2D eigenvalue weighted by Crippen LogP contribution is -1.97. The fourth-order valence-electron chi connectivity index (χ4n) is 2.22. The molecule has 0 saturated carbocycles. The van der Waals surface area contributed by atoms with Crippen LogP contribution in [0.2, 0.25) is 0 Å². The Bertz CT molecular complexity index is 908. The first-order valence-electron chi connectivity index (χ1n) is 6.41. The maximum atomic E-state index is 11.2. The summed E-state index contributed by atoms with van der Waals surface area (Å²) in [4.78, 5) is 15.1. The van der Waals surface area contributed by atoms with Crippen molar-refractivity contribution >= 4 is 75.8 Å². The van der Waals surface area contributed by atoms with Gasteiger partial charge in [0.15, 0.2) is 0 Å². The van der Waals surface area contributed by atoms with Gasteiger partial charge in [-0.2, -0.15) is 0 Å². The van der Waals surface area contributed by atoms with E-state index in [9.17, 15) is 10.1 Å². The minimum Gasteiger partial charge on any atom is -0.352 e. The first kappa shape index (κ1) is 16.4. The quantitative estimate of drug-likeness (QED) is 0.344. The van der Waals surface area contributed by atoms with Crippen LogP contribution in [-0.2, 0) is 0 Å². The van der Waals surface area contributed by atoms with E-state index in [1.807, 2.05) is 18.2 Å². The molecule has 3 rings (SSSR count). The molecule has 2 aromatic carbocycles. The van der Waals surface area contributed by atoms with Gasteiger partial charge in [0.05, 0.1) is 21.7 Å². The Morgan fingerprint density at radius 1 is 1.09 bits per heavy atom. The maximum absolute atomic E-state index is 11.2. The molecule has 0 amide bonds. The molecule has 116 valence electrons. The number of para-hydroxylation sites is 1. The second-order valence-corrected chi connectivity index (χ2v) is 7.28. The van der Waals surface area contributed by atoms with Gasteiger partial charge in [-0.25, -0.2) is 0 Å². The highest BCUT2D eigenvalue weighted by molar-refractivity contribution is 9.11. The van der Waals surface area contributed by atoms with E-state index in [4.69, 9.17) is 0 Å². The fourth-order valence-corrected chi connectivity index (χ4v) is 4.67. The van der Waals surface area contributed by atoms with Crippen molar-refractivity contribution in [2.24, 2.45) is 0 Å². The summed E-state index contributed by atoms with van der Waals surface area (Å²) in [6.45, 7) is 0. The number of pyridine rings is 1. The molecule has 0 atom stereocenters. The van der Waals surface area contributed by atoms with E-state index in [0.717, 1.165) is 19.1 Å². The Balaban J connectivity index is 2.15. The number of rotatable bonds is 3. The van der Waals surface area contributed by atoms with Crippen molar-refractivity contribution in [3.8, 4) is 0 Å². The summed E-state index contributed by atoms with van der Waals surface area (Å²) in [6.07, 6.45) is 1.44. The third kappa shape index (κ3) is 3.24. The minimum absolute atomic E-state index is 0.0348. The number of halogens is 3. The van der Waals surface area contributed by atoms with Gasteiger partial charge in [-0.3, -0.25) is 15.1 Å². The van der Waals surface area contributed by atoms with Crippen molar-refractivity contribution in [2.75, 3.05) is 5.32 Å². The van der Waals surface area contributed by atoms with Crippen molar-refractivity contribution in [1.82, 2.24) is 4.98 Å². The molecule has 5 nitrogen and oxygen atoms in total. The number of nitro groups is 1. The second kappa shape index (κ2) is 6.54. The topological polar surface area (TPSA) is 68.1 Å². The largest absolute Gasteiger partial charge is 0.352 e. The first-order chi connectivity index (χ1) is 11.0. The number of aromatic nitrogens is 1. The van der Waals surface area contributed by atoms with Crippen LogP contribution in [0.1, 0.15) is 0 Å². The smallest absolute Gasteiger partial charge is 0.280 e. The third-order valence-corrected chi connectivity index (χ3v) is 4.92. The van der Waals surface area contributed by atoms with Crippen LogP contribution in [0.15, 0.2) is 56.0 Å². The number of hydrogen-bond donors (Lipinski definition) is 1. The predicted molar refractivity (Wildman–Crippen MR) is 101 cm³/mol. The molecular formula is C15H8Br3N3O2. The van der Waals surface area contributed by atoms with E-state index in [1.54, 1.807) is 12.1 Å². The van der Waals surface area contributed by atoms with E-state index in [2.05, 4.69) is 58.1 Å². The number of hydrogen-bond acceptors (Lipinski definition) is 4. The lowest BCUT2D eigenvalue weighted by molar-refractivity contribution is -0.383. The summed E-state index contributed by atoms with van der Waals surface area (Å²) in [7, 11) is 0. The van der Waals surface area contributed by atoms with Crippen LogP contribution in [0.5, 0.6) is 0 Å². The Morgan fingerprint density at radius 3 is 2.43 bits per heavy atom. The average molecular weight is 502 g/mol.